The Morgan fingerprint density at radius 2 is 2.00 bits per heavy atom. The van der Waals surface area contributed by atoms with Gasteiger partial charge in [0.05, 0.1) is 11.6 Å². The van der Waals surface area contributed by atoms with E-state index in [1.807, 2.05) is 6.92 Å². The van der Waals surface area contributed by atoms with Gasteiger partial charge in [-0.2, -0.15) is 0 Å². The summed E-state index contributed by atoms with van der Waals surface area (Å²) in [5, 5.41) is 0.0878. The molecule has 4 heterocycles. The molecule has 1 spiro atoms. The molecule has 8 atom stereocenters. The average Bonchev–Trinajstić information content (AvgIpc) is 3.02. The average molecular weight is 531 g/mol. The Kier molecular flexibility index (Phi) is 6.89. The molecule has 2 bridgehead atoms. The number of ether oxygens (including phenoxy) is 3. The van der Waals surface area contributed by atoms with Crippen LogP contribution in [-0.2, 0) is 34.0 Å². The molecule has 4 aliphatic heterocycles. The molecule has 3 N–H and O–H groups in total. The number of nitrogens with one attached hydrogen (secondary N) is 1. The van der Waals surface area contributed by atoms with Gasteiger partial charge in [-0.25, -0.2) is 22.9 Å². The summed E-state index contributed by atoms with van der Waals surface area (Å²) in [5.74, 6) is 0.220. The van der Waals surface area contributed by atoms with Crippen molar-refractivity contribution in [1.29, 1.82) is 0 Å². The molecule has 4 saturated heterocycles. The first-order chi connectivity index (χ1) is 16.6. The third-order valence-corrected chi connectivity index (χ3v) is 10.2. The van der Waals surface area contributed by atoms with E-state index in [0.29, 0.717) is 30.6 Å². The third kappa shape index (κ3) is 4.50. The van der Waals surface area contributed by atoms with E-state index in [4.69, 9.17) is 41.3 Å². The predicted octanol–water partition coefficient (Wildman–Crippen LogP) is 3.82. The van der Waals surface area contributed by atoms with Gasteiger partial charge in [0.25, 0.3) is 0 Å². The highest BCUT2D eigenvalue weighted by Gasteiger charge is 2.69. The predicted molar refractivity (Wildman–Crippen MR) is 128 cm³/mol. The first kappa shape index (κ1) is 25.7. The topological polar surface area (TPSA) is 118 Å². The summed E-state index contributed by atoms with van der Waals surface area (Å²) in [5.41, 5.74) is 5.43. The van der Waals surface area contributed by atoms with E-state index in [9.17, 15) is 8.42 Å². The quantitative estimate of drug-likeness (QED) is 0.310. The van der Waals surface area contributed by atoms with Gasteiger partial charge in [0.2, 0.25) is 15.8 Å². The van der Waals surface area contributed by atoms with Crippen molar-refractivity contribution in [3.63, 3.8) is 0 Å². The van der Waals surface area contributed by atoms with Gasteiger partial charge in [-0.05, 0) is 62.6 Å². The van der Waals surface area contributed by atoms with Crippen LogP contribution in [0.4, 0.5) is 5.69 Å². The van der Waals surface area contributed by atoms with E-state index >= 15 is 0 Å². The fraction of sp³-hybridized carbons (Fsp3) is 0.750. The van der Waals surface area contributed by atoms with Crippen molar-refractivity contribution >= 4 is 27.3 Å². The zero-order valence-electron chi connectivity index (χ0n) is 20.4. The summed E-state index contributed by atoms with van der Waals surface area (Å²) in [4.78, 5) is 12.0. The van der Waals surface area contributed by atoms with Crippen molar-refractivity contribution in [2.75, 3.05) is 18.9 Å². The van der Waals surface area contributed by atoms with Crippen LogP contribution in [-0.4, -0.2) is 45.5 Å². The van der Waals surface area contributed by atoms with Crippen LogP contribution in [0.2, 0.25) is 5.02 Å². The summed E-state index contributed by atoms with van der Waals surface area (Å²) < 4.78 is 46.6. The molecule has 1 aromatic rings. The Hall–Kier alpha value is -0.980. The van der Waals surface area contributed by atoms with Gasteiger partial charge in [0, 0.05) is 30.5 Å². The van der Waals surface area contributed by atoms with Crippen LogP contribution < -0.4 is 10.5 Å². The van der Waals surface area contributed by atoms with Crippen molar-refractivity contribution < 1.29 is 32.4 Å². The number of rotatable bonds is 7. The fourth-order valence-electron chi connectivity index (χ4n) is 6.35. The Morgan fingerprint density at radius 3 is 2.77 bits per heavy atom. The highest BCUT2D eigenvalue weighted by molar-refractivity contribution is 7.89. The van der Waals surface area contributed by atoms with E-state index in [1.54, 1.807) is 0 Å². The maximum absolute atomic E-state index is 12.6. The largest absolute Gasteiger partial charge is 0.399 e. The van der Waals surface area contributed by atoms with Gasteiger partial charge in [0.15, 0.2) is 18.2 Å². The Labute approximate surface area is 211 Å². The summed E-state index contributed by atoms with van der Waals surface area (Å²) in [6.07, 6.45) is 3.28. The number of halogens is 1. The molecule has 5 aliphatic rings. The molecule has 1 unspecified atom stereocenters. The molecule has 11 heteroatoms. The molecule has 0 aromatic heterocycles. The molecular weight excluding hydrogens is 496 g/mol. The van der Waals surface area contributed by atoms with Gasteiger partial charge in [0.1, 0.15) is 4.90 Å². The third-order valence-electron chi connectivity index (χ3n) is 8.24. The van der Waals surface area contributed by atoms with Crippen LogP contribution in [0.1, 0.15) is 52.9 Å². The van der Waals surface area contributed by atoms with Gasteiger partial charge in [-0.15, -0.1) is 0 Å². The van der Waals surface area contributed by atoms with Crippen LogP contribution in [0.5, 0.6) is 0 Å². The lowest BCUT2D eigenvalue weighted by Gasteiger charge is -2.60. The minimum atomic E-state index is -3.75. The molecule has 35 heavy (non-hydrogen) atoms. The van der Waals surface area contributed by atoms with Crippen LogP contribution in [0.25, 0.3) is 0 Å². The molecule has 9 nitrogen and oxygen atoms in total. The number of sulfonamides is 1. The van der Waals surface area contributed by atoms with Crippen LogP contribution in [0.15, 0.2) is 23.1 Å². The number of anilines is 1. The molecule has 5 fully saturated rings. The first-order valence-electron chi connectivity index (χ1n) is 12.4. The molecule has 1 aliphatic carbocycles. The van der Waals surface area contributed by atoms with E-state index in [0.717, 1.165) is 25.7 Å². The van der Waals surface area contributed by atoms with Crippen LogP contribution in [0.3, 0.4) is 0 Å². The van der Waals surface area contributed by atoms with E-state index in [-0.39, 0.29) is 28.3 Å². The molecule has 6 rings (SSSR count). The summed E-state index contributed by atoms with van der Waals surface area (Å²) in [6.45, 7) is 6.83. The number of hydrogen-bond donors (Lipinski definition) is 2. The number of nitrogens with two attached hydrogens (primary N) is 1. The smallest absolute Gasteiger partial charge is 0.242 e. The van der Waals surface area contributed by atoms with Gasteiger partial charge in [-0.3, -0.25) is 0 Å². The maximum atomic E-state index is 12.6. The number of benzene rings is 1. The van der Waals surface area contributed by atoms with Crippen molar-refractivity contribution in [3.05, 3.63) is 23.2 Å². The van der Waals surface area contributed by atoms with E-state index in [2.05, 4.69) is 18.6 Å². The molecule has 0 amide bonds. The minimum Gasteiger partial charge on any atom is -0.399 e. The summed E-state index contributed by atoms with van der Waals surface area (Å²) >= 11 is 6.06. The van der Waals surface area contributed by atoms with Gasteiger partial charge < -0.3 is 19.9 Å². The van der Waals surface area contributed by atoms with Crippen molar-refractivity contribution in [2.45, 2.75) is 81.7 Å². The Morgan fingerprint density at radius 1 is 1.20 bits per heavy atom. The van der Waals surface area contributed by atoms with Crippen molar-refractivity contribution in [2.24, 2.45) is 23.7 Å². The lowest BCUT2D eigenvalue weighted by Crippen LogP contribution is -2.70. The Bertz CT molecular complexity index is 1060. The monoisotopic (exact) mass is 530 g/mol. The van der Waals surface area contributed by atoms with Gasteiger partial charge >= 0.3 is 0 Å². The Balaban J connectivity index is 1.20. The zero-order valence-corrected chi connectivity index (χ0v) is 21.9. The minimum absolute atomic E-state index is 0.00109. The first-order valence-corrected chi connectivity index (χ1v) is 14.3. The molecule has 0 radical (unpaired) electrons. The lowest BCUT2D eigenvalue weighted by atomic mass is 9.58. The fourth-order valence-corrected chi connectivity index (χ4v) is 7.98. The lowest BCUT2D eigenvalue weighted by molar-refractivity contribution is -0.577. The highest BCUT2D eigenvalue weighted by atomic mass is 35.5. The highest BCUT2D eigenvalue weighted by Crippen LogP contribution is 2.60. The summed E-state index contributed by atoms with van der Waals surface area (Å²) in [6, 6.07) is 4.32. The molecule has 1 aromatic carbocycles. The second kappa shape index (κ2) is 9.40. The van der Waals surface area contributed by atoms with Crippen LogP contribution in [0, 0.1) is 23.7 Å². The van der Waals surface area contributed by atoms with E-state index < -0.39 is 34.0 Å². The zero-order chi connectivity index (χ0) is 25.0. The second-order valence-electron chi connectivity index (χ2n) is 10.6. The van der Waals surface area contributed by atoms with Crippen LogP contribution >= 0.6 is 11.6 Å². The number of fused-ring (bicyclic) bond motifs is 2. The maximum Gasteiger partial charge on any atom is 0.242 e. The normalized spacial score (nSPS) is 40.8. The SMILES string of the molecule is C[C@H]1[C@@H](OCCCNS(=O)(=O)c2ccc(N)cc2Cl)O[C@@H]2O[C@@]3(C)CCC4[C@H](C)CC[C@@H]1[C@]42OO3. The molecule has 1 saturated carbocycles. The summed E-state index contributed by atoms with van der Waals surface area (Å²) in [7, 11) is -3.75. The van der Waals surface area contributed by atoms with E-state index in [1.165, 1.54) is 18.2 Å². The standard InChI is InChI=1S/C24H35ClN2O7S/c1-14-5-7-18-15(2)21(31-22-24(18)17(14)9-10-23(3,32-22)33-34-24)30-12-4-11-27-35(28,29)20-8-6-16(26)13-19(20)25/h6,8,13-15,17-18,21-22,27H,4-5,7,9-12,26H2,1-3H3/t14-,15-,17?,18+,21+,22-,23-,24-/m1/s1. The molecular formula is C24H35ClN2O7S. The molecule has 196 valence electrons. The van der Waals surface area contributed by atoms with Gasteiger partial charge in [-0.1, -0.05) is 25.4 Å². The van der Waals surface area contributed by atoms with Crippen molar-refractivity contribution in [1.82, 2.24) is 4.72 Å². The second-order valence-corrected chi connectivity index (χ2v) is 12.7. The number of nitrogen functional groups attached to an aromatic ring is 1. The van der Waals surface area contributed by atoms with Crippen molar-refractivity contribution in [3.8, 4) is 0 Å². The number of hydrogen-bond acceptors (Lipinski definition) is 8.